The Morgan fingerprint density at radius 1 is 1.00 bits per heavy atom. The molecule has 0 saturated heterocycles. The molecule has 19 heavy (non-hydrogen) atoms. The van der Waals surface area contributed by atoms with E-state index < -0.39 is 0 Å². The van der Waals surface area contributed by atoms with E-state index in [0.717, 1.165) is 26.7 Å². The van der Waals surface area contributed by atoms with Crippen molar-refractivity contribution in [1.29, 1.82) is 0 Å². The first-order valence-electron chi connectivity index (χ1n) is 6.33. The Hall–Kier alpha value is -1.41. The molecule has 0 aliphatic carbocycles. The summed E-state index contributed by atoms with van der Waals surface area (Å²) in [6, 6.07) is 12.0. The molecule has 0 aliphatic rings. The number of hydrogen-bond acceptors (Lipinski definition) is 1. The average molecular weight is 317 g/mol. The molecule has 0 spiro atoms. The number of hydrogen-bond donors (Lipinski definition) is 0. The van der Waals surface area contributed by atoms with E-state index in [1.165, 1.54) is 5.56 Å². The molecule has 0 amide bonds. The summed E-state index contributed by atoms with van der Waals surface area (Å²) in [5.41, 5.74) is 5.27. The molecule has 0 aromatic heterocycles. The second-order valence-corrected chi connectivity index (χ2v) is 5.74. The van der Waals surface area contributed by atoms with Crippen molar-refractivity contribution in [3.05, 3.63) is 68.7 Å². The number of Topliss-reactive ketones (excluding diaryl/α,β-unsaturated/α-hetero) is 1. The predicted molar refractivity (Wildman–Crippen MR) is 82.8 cm³/mol. The Morgan fingerprint density at radius 3 is 2.16 bits per heavy atom. The van der Waals surface area contributed by atoms with E-state index in [-0.39, 0.29) is 5.78 Å². The van der Waals surface area contributed by atoms with Crippen LogP contribution in [-0.2, 0) is 6.42 Å². The van der Waals surface area contributed by atoms with E-state index in [1.54, 1.807) is 0 Å². The lowest BCUT2D eigenvalue weighted by atomic mass is 9.97. The van der Waals surface area contributed by atoms with Gasteiger partial charge in [0.15, 0.2) is 5.78 Å². The standard InChI is InChI=1S/C17H17BrO/c1-11-6-4-5-7-14(11)10-16(19)15-8-12(2)17(18)13(3)9-15/h4-9H,10H2,1-3H3. The first-order chi connectivity index (χ1) is 8.99. The number of benzene rings is 2. The van der Waals surface area contributed by atoms with Gasteiger partial charge in [0.05, 0.1) is 0 Å². The highest BCUT2D eigenvalue weighted by molar-refractivity contribution is 9.10. The predicted octanol–water partition coefficient (Wildman–Crippen LogP) is 4.80. The Kier molecular flexibility index (Phi) is 4.20. The summed E-state index contributed by atoms with van der Waals surface area (Å²) in [6.45, 7) is 6.07. The van der Waals surface area contributed by atoms with Crippen LogP contribution in [0.5, 0.6) is 0 Å². The molecule has 2 aromatic carbocycles. The number of carbonyl (C=O) groups is 1. The van der Waals surface area contributed by atoms with E-state index in [4.69, 9.17) is 0 Å². The van der Waals surface area contributed by atoms with Gasteiger partial charge < -0.3 is 0 Å². The van der Waals surface area contributed by atoms with Crippen LogP contribution in [0.1, 0.15) is 32.6 Å². The van der Waals surface area contributed by atoms with Crippen LogP contribution in [0, 0.1) is 20.8 Å². The molecule has 0 radical (unpaired) electrons. The third kappa shape index (κ3) is 3.13. The molecular formula is C17H17BrO. The summed E-state index contributed by atoms with van der Waals surface area (Å²) in [7, 11) is 0. The van der Waals surface area contributed by atoms with Crippen molar-refractivity contribution in [3.8, 4) is 0 Å². The minimum atomic E-state index is 0.174. The molecule has 2 aromatic rings. The van der Waals surface area contributed by atoms with Crippen LogP contribution in [-0.4, -0.2) is 5.78 Å². The lowest BCUT2D eigenvalue weighted by Crippen LogP contribution is -2.06. The van der Waals surface area contributed by atoms with Gasteiger partial charge in [-0.2, -0.15) is 0 Å². The van der Waals surface area contributed by atoms with Crippen LogP contribution in [0.4, 0.5) is 0 Å². The summed E-state index contributed by atoms with van der Waals surface area (Å²) < 4.78 is 1.08. The molecule has 0 saturated carbocycles. The fourth-order valence-corrected chi connectivity index (χ4v) is 2.42. The average Bonchev–Trinajstić information content (AvgIpc) is 2.38. The van der Waals surface area contributed by atoms with Crippen LogP contribution in [0.25, 0.3) is 0 Å². The molecule has 2 rings (SSSR count). The zero-order chi connectivity index (χ0) is 14.0. The summed E-state index contributed by atoms with van der Waals surface area (Å²) >= 11 is 3.53. The van der Waals surface area contributed by atoms with Gasteiger partial charge in [-0.05, 0) is 55.2 Å². The van der Waals surface area contributed by atoms with Crippen molar-refractivity contribution < 1.29 is 4.79 Å². The SMILES string of the molecule is Cc1ccccc1CC(=O)c1cc(C)c(Br)c(C)c1. The van der Waals surface area contributed by atoms with Gasteiger partial charge in [0.25, 0.3) is 0 Å². The number of rotatable bonds is 3. The zero-order valence-electron chi connectivity index (χ0n) is 11.5. The maximum atomic E-state index is 12.4. The van der Waals surface area contributed by atoms with Gasteiger partial charge in [-0.1, -0.05) is 40.2 Å². The van der Waals surface area contributed by atoms with Gasteiger partial charge in [-0.25, -0.2) is 0 Å². The van der Waals surface area contributed by atoms with Crippen molar-refractivity contribution in [1.82, 2.24) is 0 Å². The molecule has 0 bridgehead atoms. The molecule has 0 aliphatic heterocycles. The lowest BCUT2D eigenvalue weighted by Gasteiger charge is -2.08. The van der Waals surface area contributed by atoms with Crippen molar-refractivity contribution in [2.24, 2.45) is 0 Å². The second-order valence-electron chi connectivity index (χ2n) is 4.95. The molecular weight excluding hydrogens is 300 g/mol. The third-order valence-corrected chi connectivity index (χ3v) is 4.62. The highest BCUT2D eigenvalue weighted by Gasteiger charge is 2.11. The van der Waals surface area contributed by atoms with E-state index in [1.807, 2.05) is 57.2 Å². The smallest absolute Gasteiger partial charge is 0.167 e. The van der Waals surface area contributed by atoms with Crippen molar-refractivity contribution >= 4 is 21.7 Å². The van der Waals surface area contributed by atoms with Crippen LogP contribution >= 0.6 is 15.9 Å². The van der Waals surface area contributed by atoms with Gasteiger partial charge in [0.2, 0.25) is 0 Å². The maximum Gasteiger partial charge on any atom is 0.167 e. The third-order valence-electron chi connectivity index (χ3n) is 3.37. The fraction of sp³-hybridized carbons (Fsp3) is 0.235. The van der Waals surface area contributed by atoms with Gasteiger partial charge in [-0.15, -0.1) is 0 Å². The lowest BCUT2D eigenvalue weighted by molar-refractivity contribution is 0.0992. The number of ketones is 1. The van der Waals surface area contributed by atoms with Crippen molar-refractivity contribution in [2.45, 2.75) is 27.2 Å². The molecule has 0 fully saturated rings. The maximum absolute atomic E-state index is 12.4. The molecule has 0 atom stereocenters. The molecule has 2 heteroatoms. The first-order valence-corrected chi connectivity index (χ1v) is 7.13. The molecule has 0 unspecified atom stereocenters. The summed E-state index contributed by atoms with van der Waals surface area (Å²) in [6.07, 6.45) is 0.465. The Labute approximate surface area is 122 Å². The minimum absolute atomic E-state index is 0.174. The van der Waals surface area contributed by atoms with E-state index in [2.05, 4.69) is 15.9 Å². The molecule has 98 valence electrons. The largest absolute Gasteiger partial charge is 0.294 e. The second kappa shape index (κ2) is 5.70. The summed E-state index contributed by atoms with van der Waals surface area (Å²) in [5, 5.41) is 0. The van der Waals surface area contributed by atoms with E-state index in [0.29, 0.717) is 6.42 Å². The van der Waals surface area contributed by atoms with Gasteiger partial charge in [-0.3, -0.25) is 4.79 Å². The van der Waals surface area contributed by atoms with Crippen LogP contribution in [0.15, 0.2) is 40.9 Å². The van der Waals surface area contributed by atoms with Crippen LogP contribution in [0.3, 0.4) is 0 Å². The van der Waals surface area contributed by atoms with Crippen LogP contribution < -0.4 is 0 Å². The quantitative estimate of drug-likeness (QED) is 0.743. The molecule has 0 N–H and O–H groups in total. The van der Waals surface area contributed by atoms with Crippen LogP contribution in [0.2, 0.25) is 0 Å². The first kappa shape index (κ1) is 14.0. The topological polar surface area (TPSA) is 17.1 Å². The van der Waals surface area contributed by atoms with Crippen molar-refractivity contribution in [3.63, 3.8) is 0 Å². The van der Waals surface area contributed by atoms with E-state index >= 15 is 0 Å². The normalized spacial score (nSPS) is 10.5. The highest BCUT2D eigenvalue weighted by atomic mass is 79.9. The van der Waals surface area contributed by atoms with Gasteiger partial charge >= 0.3 is 0 Å². The van der Waals surface area contributed by atoms with Gasteiger partial charge in [0, 0.05) is 16.5 Å². The Balaban J connectivity index is 2.28. The number of halogens is 1. The fourth-order valence-electron chi connectivity index (χ4n) is 2.19. The number of carbonyl (C=O) groups excluding carboxylic acids is 1. The molecule has 0 heterocycles. The van der Waals surface area contributed by atoms with Gasteiger partial charge in [0.1, 0.15) is 0 Å². The zero-order valence-corrected chi connectivity index (χ0v) is 13.0. The summed E-state index contributed by atoms with van der Waals surface area (Å²) in [4.78, 5) is 12.4. The Morgan fingerprint density at radius 2 is 1.58 bits per heavy atom. The summed E-state index contributed by atoms with van der Waals surface area (Å²) in [5.74, 6) is 0.174. The minimum Gasteiger partial charge on any atom is -0.294 e. The van der Waals surface area contributed by atoms with Crippen molar-refractivity contribution in [2.75, 3.05) is 0 Å². The molecule has 1 nitrogen and oxygen atoms in total. The Bertz CT molecular complexity index is 606. The monoisotopic (exact) mass is 316 g/mol. The van der Waals surface area contributed by atoms with E-state index in [9.17, 15) is 4.79 Å². The number of aryl methyl sites for hydroxylation is 3. The highest BCUT2D eigenvalue weighted by Crippen LogP contribution is 2.23.